The van der Waals surface area contributed by atoms with E-state index in [1.54, 1.807) is 0 Å². The highest BCUT2D eigenvalue weighted by Crippen LogP contribution is 2.14. The standard InChI is InChI=1S/C12H24N2O2/c1-4-13-12(3,11(15)16-5-2)10-14-8-6-7-9-14/h13H,4-10H2,1-3H3. The predicted octanol–water partition coefficient (Wildman–Crippen LogP) is 1.01. The Bertz CT molecular complexity index is 227. The van der Waals surface area contributed by atoms with Crippen LogP contribution >= 0.6 is 0 Å². The summed E-state index contributed by atoms with van der Waals surface area (Å²) in [5.41, 5.74) is -0.560. The van der Waals surface area contributed by atoms with Crippen LogP contribution in [-0.2, 0) is 9.53 Å². The van der Waals surface area contributed by atoms with Crippen LogP contribution in [0.5, 0.6) is 0 Å². The van der Waals surface area contributed by atoms with Crippen molar-refractivity contribution in [2.75, 3.05) is 32.8 Å². The molecule has 1 fully saturated rings. The smallest absolute Gasteiger partial charge is 0.327 e. The summed E-state index contributed by atoms with van der Waals surface area (Å²) in [4.78, 5) is 14.3. The number of ether oxygens (including phenoxy) is 1. The summed E-state index contributed by atoms with van der Waals surface area (Å²) < 4.78 is 5.14. The molecule has 1 N–H and O–H groups in total. The molecule has 4 heteroatoms. The van der Waals surface area contributed by atoms with Gasteiger partial charge in [-0.25, -0.2) is 0 Å². The van der Waals surface area contributed by atoms with Gasteiger partial charge in [-0.1, -0.05) is 6.92 Å². The van der Waals surface area contributed by atoms with E-state index in [9.17, 15) is 4.79 Å². The predicted molar refractivity (Wildman–Crippen MR) is 64.4 cm³/mol. The zero-order valence-corrected chi connectivity index (χ0v) is 10.7. The first-order chi connectivity index (χ1) is 7.62. The highest BCUT2D eigenvalue weighted by molar-refractivity contribution is 5.80. The molecule has 0 aromatic heterocycles. The Hall–Kier alpha value is -0.610. The van der Waals surface area contributed by atoms with E-state index in [4.69, 9.17) is 4.74 Å². The van der Waals surface area contributed by atoms with Crippen LogP contribution in [0.2, 0.25) is 0 Å². The minimum absolute atomic E-state index is 0.135. The lowest BCUT2D eigenvalue weighted by Crippen LogP contribution is -2.57. The van der Waals surface area contributed by atoms with Crippen LogP contribution in [0, 0.1) is 0 Å². The van der Waals surface area contributed by atoms with Crippen molar-refractivity contribution >= 4 is 5.97 Å². The van der Waals surface area contributed by atoms with Crippen LogP contribution < -0.4 is 5.32 Å². The van der Waals surface area contributed by atoms with Crippen molar-refractivity contribution in [1.29, 1.82) is 0 Å². The number of esters is 1. The summed E-state index contributed by atoms with van der Waals surface area (Å²) >= 11 is 0. The number of rotatable bonds is 6. The van der Waals surface area contributed by atoms with Crippen molar-refractivity contribution in [2.24, 2.45) is 0 Å². The molecule has 1 unspecified atom stereocenters. The molecule has 1 aliphatic heterocycles. The molecule has 1 rings (SSSR count). The van der Waals surface area contributed by atoms with Crippen molar-refractivity contribution < 1.29 is 9.53 Å². The van der Waals surface area contributed by atoms with Crippen LogP contribution in [0.25, 0.3) is 0 Å². The van der Waals surface area contributed by atoms with E-state index >= 15 is 0 Å². The van der Waals surface area contributed by atoms with E-state index in [-0.39, 0.29) is 5.97 Å². The molecule has 1 heterocycles. The number of likely N-dealkylation sites (tertiary alicyclic amines) is 1. The summed E-state index contributed by atoms with van der Waals surface area (Å²) in [7, 11) is 0. The van der Waals surface area contributed by atoms with Gasteiger partial charge in [-0.2, -0.15) is 0 Å². The van der Waals surface area contributed by atoms with Crippen molar-refractivity contribution in [3.63, 3.8) is 0 Å². The maximum Gasteiger partial charge on any atom is 0.327 e. The molecule has 1 aliphatic rings. The molecule has 1 atom stereocenters. The molecule has 1 saturated heterocycles. The first-order valence-electron chi connectivity index (χ1n) is 6.27. The van der Waals surface area contributed by atoms with Gasteiger partial charge in [0, 0.05) is 6.54 Å². The number of carbonyl (C=O) groups is 1. The van der Waals surface area contributed by atoms with Gasteiger partial charge in [0.25, 0.3) is 0 Å². The Balaban J connectivity index is 2.58. The Kier molecular flexibility index (Phi) is 5.22. The Morgan fingerprint density at radius 2 is 2.00 bits per heavy atom. The summed E-state index contributed by atoms with van der Waals surface area (Å²) in [6, 6.07) is 0. The monoisotopic (exact) mass is 228 g/mol. The minimum atomic E-state index is -0.560. The lowest BCUT2D eigenvalue weighted by Gasteiger charge is -2.32. The largest absolute Gasteiger partial charge is 0.465 e. The molecule has 94 valence electrons. The van der Waals surface area contributed by atoms with E-state index in [1.807, 2.05) is 20.8 Å². The molecule has 0 amide bonds. The van der Waals surface area contributed by atoms with Crippen LogP contribution in [0.15, 0.2) is 0 Å². The molecule has 0 radical (unpaired) electrons. The number of hydrogen-bond donors (Lipinski definition) is 1. The number of nitrogens with zero attached hydrogens (tertiary/aromatic N) is 1. The topological polar surface area (TPSA) is 41.6 Å². The van der Waals surface area contributed by atoms with E-state index in [1.165, 1.54) is 12.8 Å². The summed E-state index contributed by atoms with van der Waals surface area (Å²) in [5.74, 6) is -0.135. The van der Waals surface area contributed by atoms with Gasteiger partial charge in [-0.05, 0) is 46.3 Å². The van der Waals surface area contributed by atoms with Gasteiger partial charge in [0.15, 0.2) is 0 Å². The molecule has 4 nitrogen and oxygen atoms in total. The molecule has 0 aromatic rings. The van der Waals surface area contributed by atoms with E-state index in [0.29, 0.717) is 6.61 Å². The van der Waals surface area contributed by atoms with Gasteiger partial charge in [0.2, 0.25) is 0 Å². The second-order valence-electron chi connectivity index (χ2n) is 4.57. The third-order valence-corrected chi connectivity index (χ3v) is 3.03. The van der Waals surface area contributed by atoms with Gasteiger partial charge in [0.05, 0.1) is 6.61 Å². The first kappa shape index (κ1) is 13.5. The normalized spacial score (nSPS) is 20.7. The van der Waals surface area contributed by atoms with Gasteiger partial charge >= 0.3 is 5.97 Å². The molecule has 0 spiro atoms. The van der Waals surface area contributed by atoms with Gasteiger partial charge in [-0.15, -0.1) is 0 Å². The lowest BCUT2D eigenvalue weighted by molar-refractivity contribution is -0.151. The van der Waals surface area contributed by atoms with Gasteiger partial charge in [-0.3, -0.25) is 4.79 Å². The van der Waals surface area contributed by atoms with E-state index < -0.39 is 5.54 Å². The van der Waals surface area contributed by atoms with Crippen LogP contribution in [0.4, 0.5) is 0 Å². The van der Waals surface area contributed by atoms with Crippen molar-refractivity contribution in [3.05, 3.63) is 0 Å². The average molecular weight is 228 g/mol. The van der Waals surface area contributed by atoms with E-state index in [0.717, 1.165) is 26.2 Å². The third-order valence-electron chi connectivity index (χ3n) is 3.03. The van der Waals surface area contributed by atoms with Crippen LogP contribution in [0.1, 0.15) is 33.6 Å². The number of carbonyl (C=O) groups excluding carboxylic acids is 1. The molecule has 0 bridgehead atoms. The third kappa shape index (κ3) is 3.46. The van der Waals surface area contributed by atoms with Crippen molar-refractivity contribution in [1.82, 2.24) is 10.2 Å². The van der Waals surface area contributed by atoms with Crippen LogP contribution in [0.3, 0.4) is 0 Å². The maximum absolute atomic E-state index is 11.9. The summed E-state index contributed by atoms with van der Waals surface area (Å²) in [6.45, 7) is 9.97. The molecule has 16 heavy (non-hydrogen) atoms. The molecule has 0 aromatic carbocycles. The zero-order valence-electron chi connectivity index (χ0n) is 10.7. The van der Waals surface area contributed by atoms with Gasteiger partial charge in [0.1, 0.15) is 5.54 Å². The highest BCUT2D eigenvalue weighted by Gasteiger charge is 2.36. The number of nitrogens with one attached hydrogen (secondary N) is 1. The molecular formula is C12H24N2O2. The lowest BCUT2D eigenvalue weighted by atomic mass is 10.0. The SMILES string of the molecule is CCNC(C)(CN1CCCC1)C(=O)OCC. The molecular weight excluding hydrogens is 204 g/mol. The minimum Gasteiger partial charge on any atom is -0.465 e. The zero-order chi connectivity index (χ0) is 12.0. The average Bonchev–Trinajstić information content (AvgIpc) is 2.71. The van der Waals surface area contributed by atoms with Crippen LogP contribution in [-0.4, -0.2) is 49.2 Å². The van der Waals surface area contributed by atoms with E-state index in [2.05, 4.69) is 10.2 Å². The second kappa shape index (κ2) is 6.21. The highest BCUT2D eigenvalue weighted by atomic mass is 16.5. The first-order valence-corrected chi connectivity index (χ1v) is 6.27. The summed E-state index contributed by atoms with van der Waals surface area (Å²) in [5, 5.41) is 3.25. The fraction of sp³-hybridized carbons (Fsp3) is 0.917. The fourth-order valence-corrected chi connectivity index (χ4v) is 2.26. The molecule has 0 saturated carbocycles. The quantitative estimate of drug-likeness (QED) is 0.689. The molecule has 0 aliphatic carbocycles. The summed E-state index contributed by atoms with van der Waals surface area (Å²) in [6.07, 6.45) is 2.48. The number of hydrogen-bond acceptors (Lipinski definition) is 4. The van der Waals surface area contributed by atoms with Gasteiger partial charge < -0.3 is 15.0 Å². The van der Waals surface area contributed by atoms with Crippen molar-refractivity contribution in [2.45, 2.75) is 39.2 Å². The Morgan fingerprint density at radius 3 is 2.50 bits per heavy atom. The Morgan fingerprint density at radius 1 is 1.38 bits per heavy atom. The maximum atomic E-state index is 11.9. The second-order valence-corrected chi connectivity index (χ2v) is 4.57. The number of likely N-dealkylation sites (N-methyl/N-ethyl adjacent to an activating group) is 1. The van der Waals surface area contributed by atoms with Crippen molar-refractivity contribution in [3.8, 4) is 0 Å². The Labute approximate surface area is 98.3 Å². The fourth-order valence-electron chi connectivity index (χ4n) is 2.26.